The van der Waals surface area contributed by atoms with Crippen molar-refractivity contribution >= 4 is 5.91 Å². The Morgan fingerprint density at radius 2 is 1.62 bits per heavy atom. The SMILES string of the molecule is CC(C)c1ccc(-c2ccc(=O)n(CCC(=O)NC(C)c3ccccc3)n2)cc1. The third-order valence-electron chi connectivity index (χ3n) is 4.97. The van der Waals surface area contributed by atoms with Crippen LogP contribution in [0.3, 0.4) is 0 Å². The summed E-state index contributed by atoms with van der Waals surface area (Å²) in [5, 5.41) is 7.42. The highest BCUT2D eigenvalue weighted by atomic mass is 16.2. The molecule has 0 saturated carbocycles. The van der Waals surface area contributed by atoms with Gasteiger partial charge in [-0.3, -0.25) is 9.59 Å². The summed E-state index contributed by atoms with van der Waals surface area (Å²) < 4.78 is 1.36. The van der Waals surface area contributed by atoms with Gasteiger partial charge in [-0.1, -0.05) is 68.4 Å². The highest BCUT2D eigenvalue weighted by Crippen LogP contribution is 2.20. The molecule has 0 radical (unpaired) electrons. The van der Waals surface area contributed by atoms with Gasteiger partial charge >= 0.3 is 0 Å². The van der Waals surface area contributed by atoms with Crippen molar-refractivity contribution in [3.8, 4) is 11.3 Å². The molecule has 150 valence electrons. The van der Waals surface area contributed by atoms with E-state index in [-0.39, 0.29) is 30.5 Å². The van der Waals surface area contributed by atoms with Gasteiger partial charge in [0.25, 0.3) is 5.56 Å². The highest BCUT2D eigenvalue weighted by Gasteiger charge is 2.11. The first-order chi connectivity index (χ1) is 13.9. The van der Waals surface area contributed by atoms with E-state index in [2.05, 4.69) is 36.4 Å². The van der Waals surface area contributed by atoms with Gasteiger partial charge < -0.3 is 5.32 Å². The van der Waals surface area contributed by atoms with E-state index >= 15 is 0 Å². The zero-order valence-electron chi connectivity index (χ0n) is 17.1. The summed E-state index contributed by atoms with van der Waals surface area (Å²) in [6.07, 6.45) is 0.194. The average molecular weight is 389 g/mol. The monoisotopic (exact) mass is 389 g/mol. The fraction of sp³-hybridized carbons (Fsp3) is 0.292. The van der Waals surface area contributed by atoms with Crippen LogP contribution in [0.2, 0.25) is 0 Å². The van der Waals surface area contributed by atoms with Crippen molar-refractivity contribution in [1.29, 1.82) is 0 Å². The van der Waals surface area contributed by atoms with Crippen LogP contribution >= 0.6 is 0 Å². The first kappa shape index (κ1) is 20.5. The van der Waals surface area contributed by atoms with Gasteiger partial charge in [-0.2, -0.15) is 5.10 Å². The van der Waals surface area contributed by atoms with E-state index in [4.69, 9.17) is 0 Å². The predicted octanol–water partition coefficient (Wildman–Crippen LogP) is 4.30. The molecular formula is C24H27N3O2. The summed E-state index contributed by atoms with van der Waals surface area (Å²) >= 11 is 0. The maximum absolute atomic E-state index is 12.3. The Morgan fingerprint density at radius 1 is 0.931 bits per heavy atom. The number of nitrogens with zero attached hydrogens (tertiary/aromatic N) is 2. The molecule has 0 aliphatic rings. The van der Waals surface area contributed by atoms with Gasteiger partial charge in [0.15, 0.2) is 0 Å². The van der Waals surface area contributed by atoms with Crippen LogP contribution in [0, 0.1) is 0 Å². The van der Waals surface area contributed by atoms with Crippen LogP contribution in [0.15, 0.2) is 71.5 Å². The van der Waals surface area contributed by atoms with Crippen LogP contribution in [0.1, 0.15) is 50.3 Å². The molecular weight excluding hydrogens is 362 g/mol. The molecule has 1 N–H and O–H groups in total. The van der Waals surface area contributed by atoms with Crippen molar-refractivity contribution < 1.29 is 4.79 Å². The number of aromatic nitrogens is 2. The lowest BCUT2D eigenvalue weighted by Gasteiger charge is -2.14. The second kappa shape index (κ2) is 9.32. The van der Waals surface area contributed by atoms with Crippen molar-refractivity contribution in [1.82, 2.24) is 15.1 Å². The molecule has 3 aromatic rings. The van der Waals surface area contributed by atoms with Crippen LogP contribution in [0.5, 0.6) is 0 Å². The second-order valence-electron chi connectivity index (χ2n) is 7.51. The summed E-state index contributed by atoms with van der Waals surface area (Å²) in [6, 6.07) is 21.1. The Morgan fingerprint density at radius 3 is 2.28 bits per heavy atom. The fourth-order valence-electron chi connectivity index (χ4n) is 3.15. The maximum atomic E-state index is 12.3. The Bertz CT molecular complexity index is 1010. The average Bonchev–Trinajstić information content (AvgIpc) is 2.74. The molecule has 1 aromatic heterocycles. The first-order valence-corrected chi connectivity index (χ1v) is 9.97. The molecule has 1 unspecified atom stereocenters. The Hall–Kier alpha value is -3.21. The quantitative estimate of drug-likeness (QED) is 0.655. The molecule has 0 aliphatic heterocycles. The lowest BCUT2D eigenvalue weighted by atomic mass is 10.0. The van der Waals surface area contributed by atoms with Gasteiger partial charge in [0.1, 0.15) is 0 Å². The summed E-state index contributed by atoms with van der Waals surface area (Å²) in [5.41, 5.74) is 3.76. The summed E-state index contributed by atoms with van der Waals surface area (Å²) in [4.78, 5) is 24.5. The molecule has 0 bridgehead atoms. The van der Waals surface area contributed by atoms with E-state index in [0.717, 1.165) is 16.8 Å². The fourth-order valence-corrected chi connectivity index (χ4v) is 3.15. The minimum Gasteiger partial charge on any atom is -0.350 e. The lowest BCUT2D eigenvalue weighted by Crippen LogP contribution is -2.30. The van der Waals surface area contributed by atoms with Gasteiger partial charge in [-0.25, -0.2) is 4.68 Å². The molecule has 1 amide bonds. The number of hydrogen-bond donors (Lipinski definition) is 1. The molecule has 5 heteroatoms. The number of amides is 1. The molecule has 0 spiro atoms. The van der Waals surface area contributed by atoms with E-state index < -0.39 is 0 Å². The number of benzene rings is 2. The second-order valence-corrected chi connectivity index (χ2v) is 7.51. The number of rotatable bonds is 7. The van der Waals surface area contributed by atoms with Gasteiger partial charge in [-0.05, 0) is 30.0 Å². The minimum atomic E-state index is -0.212. The molecule has 0 aliphatic carbocycles. The van der Waals surface area contributed by atoms with Gasteiger partial charge in [-0.15, -0.1) is 0 Å². The smallest absolute Gasteiger partial charge is 0.266 e. The predicted molar refractivity (Wildman–Crippen MR) is 116 cm³/mol. The van der Waals surface area contributed by atoms with Crippen LogP contribution in [-0.4, -0.2) is 15.7 Å². The van der Waals surface area contributed by atoms with Crippen molar-refractivity contribution in [2.24, 2.45) is 0 Å². The number of hydrogen-bond acceptors (Lipinski definition) is 3. The van der Waals surface area contributed by atoms with E-state index in [1.165, 1.54) is 16.3 Å². The van der Waals surface area contributed by atoms with Crippen LogP contribution in [0.25, 0.3) is 11.3 Å². The molecule has 5 nitrogen and oxygen atoms in total. The Labute approximate surface area is 171 Å². The van der Waals surface area contributed by atoms with E-state index in [0.29, 0.717) is 5.92 Å². The number of nitrogens with one attached hydrogen (secondary N) is 1. The Balaban J connectivity index is 1.65. The summed E-state index contributed by atoms with van der Waals surface area (Å²) in [7, 11) is 0. The highest BCUT2D eigenvalue weighted by molar-refractivity contribution is 5.76. The lowest BCUT2D eigenvalue weighted by molar-refractivity contribution is -0.122. The number of aryl methyl sites for hydroxylation is 1. The first-order valence-electron chi connectivity index (χ1n) is 9.97. The van der Waals surface area contributed by atoms with E-state index in [1.807, 2.05) is 49.4 Å². The van der Waals surface area contributed by atoms with Gasteiger partial charge in [0, 0.05) is 18.1 Å². The third-order valence-corrected chi connectivity index (χ3v) is 4.97. The molecule has 1 heterocycles. The van der Waals surface area contributed by atoms with Crippen molar-refractivity contribution in [2.75, 3.05) is 0 Å². The number of carbonyl (C=O) groups is 1. The zero-order chi connectivity index (χ0) is 20.8. The van der Waals surface area contributed by atoms with Crippen molar-refractivity contribution in [2.45, 2.75) is 45.7 Å². The minimum absolute atomic E-state index is 0.0841. The zero-order valence-corrected chi connectivity index (χ0v) is 17.1. The van der Waals surface area contributed by atoms with Gasteiger partial charge in [0.05, 0.1) is 18.3 Å². The van der Waals surface area contributed by atoms with Gasteiger partial charge in [0.2, 0.25) is 5.91 Å². The van der Waals surface area contributed by atoms with Crippen molar-refractivity contribution in [3.63, 3.8) is 0 Å². The van der Waals surface area contributed by atoms with E-state index in [1.54, 1.807) is 6.07 Å². The molecule has 2 aromatic carbocycles. The maximum Gasteiger partial charge on any atom is 0.266 e. The van der Waals surface area contributed by atoms with Crippen molar-refractivity contribution in [3.05, 3.63) is 88.2 Å². The molecule has 3 rings (SSSR count). The molecule has 29 heavy (non-hydrogen) atoms. The summed E-state index contributed by atoms with van der Waals surface area (Å²) in [6.45, 7) is 6.48. The van der Waals surface area contributed by atoms with Crippen LogP contribution in [0.4, 0.5) is 0 Å². The normalized spacial score (nSPS) is 12.0. The molecule has 1 atom stereocenters. The molecule has 0 fully saturated rings. The largest absolute Gasteiger partial charge is 0.350 e. The number of carbonyl (C=O) groups excluding carboxylic acids is 1. The summed E-state index contributed by atoms with van der Waals surface area (Å²) in [5.74, 6) is 0.351. The standard InChI is InChI=1S/C24H27N3O2/c1-17(2)19-9-11-21(12-10-19)22-13-14-24(29)27(26-22)16-15-23(28)25-18(3)20-7-5-4-6-8-20/h4-14,17-18H,15-16H2,1-3H3,(H,25,28). The van der Waals surface area contributed by atoms with Crippen LogP contribution < -0.4 is 10.9 Å². The Kier molecular flexibility index (Phi) is 6.60. The topological polar surface area (TPSA) is 64.0 Å². The molecule has 0 saturated heterocycles. The van der Waals surface area contributed by atoms with Crippen LogP contribution in [-0.2, 0) is 11.3 Å². The van der Waals surface area contributed by atoms with E-state index in [9.17, 15) is 9.59 Å². The third kappa shape index (κ3) is 5.41.